The first-order chi connectivity index (χ1) is 16.3. The van der Waals surface area contributed by atoms with Crippen LogP contribution in [0.2, 0.25) is 0 Å². The van der Waals surface area contributed by atoms with Gasteiger partial charge in [-0.15, -0.1) is 0 Å². The van der Waals surface area contributed by atoms with Crippen LogP contribution in [0.4, 0.5) is 5.69 Å². The minimum atomic E-state index is -3.98. The summed E-state index contributed by atoms with van der Waals surface area (Å²) in [5, 5.41) is 0. The predicted octanol–water partition coefficient (Wildman–Crippen LogP) is 4.44. The highest BCUT2D eigenvalue weighted by Crippen LogP contribution is 2.35. The number of anilines is 1. The van der Waals surface area contributed by atoms with Crippen LogP contribution in [0, 0.1) is 6.92 Å². The molecule has 7 nitrogen and oxygen atoms in total. The quantitative estimate of drug-likeness (QED) is 0.429. The summed E-state index contributed by atoms with van der Waals surface area (Å²) in [5.74, 6) is -0.241. The van der Waals surface area contributed by atoms with E-state index in [0.717, 1.165) is 36.1 Å². The molecule has 2 fully saturated rings. The van der Waals surface area contributed by atoms with Crippen molar-refractivity contribution in [3.63, 3.8) is 0 Å². The molecule has 1 atom stereocenters. The minimum absolute atomic E-state index is 0.155. The fourth-order valence-electron chi connectivity index (χ4n) is 4.91. The zero-order valence-electron chi connectivity index (χ0n) is 19.8. The lowest BCUT2D eigenvalue weighted by Crippen LogP contribution is -2.50. The number of ether oxygens (including phenoxy) is 1. The second-order valence-electron chi connectivity index (χ2n) is 9.01. The number of amides is 2. The van der Waals surface area contributed by atoms with Crippen molar-refractivity contribution in [1.82, 2.24) is 4.31 Å². The molecule has 2 aromatic carbocycles. The maximum absolute atomic E-state index is 13.9. The van der Waals surface area contributed by atoms with Gasteiger partial charge in [-0.1, -0.05) is 43.4 Å². The summed E-state index contributed by atoms with van der Waals surface area (Å²) in [6, 6.07) is 12.1. The van der Waals surface area contributed by atoms with Crippen molar-refractivity contribution in [3.05, 3.63) is 54.1 Å². The van der Waals surface area contributed by atoms with Crippen molar-refractivity contribution < 1.29 is 22.7 Å². The van der Waals surface area contributed by atoms with Gasteiger partial charge < -0.3 is 4.74 Å². The third-order valence-electron chi connectivity index (χ3n) is 6.62. The monoisotopic (exact) mass is 484 g/mol. The van der Waals surface area contributed by atoms with Crippen LogP contribution < -0.4 is 9.64 Å². The Hall–Kier alpha value is -2.71. The molecule has 1 heterocycles. The molecule has 1 unspecified atom stereocenters. The summed E-state index contributed by atoms with van der Waals surface area (Å²) in [6.45, 7) is 4.28. The summed E-state index contributed by atoms with van der Waals surface area (Å²) in [5.41, 5.74) is 1.38. The zero-order chi connectivity index (χ0) is 24.3. The number of rotatable bonds is 7. The van der Waals surface area contributed by atoms with E-state index in [1.54, 1.807) is 48.5 Å². The van der Waals surface area contributed by atoms with Crippen LogP contribution in [0.3, 0.4) is 0 Å². The van der Waals surface area contributed by atoms with E-state index in [-0.39, 0.29) is 17.4 Å². The number of hydrogen-bond acceptors (Lipinski definition) is 5. The lowest BCUT2D eigenvalue weighted by molar-refractivity contribution is -0.122. The highest BCUT2D eigenvalue weighted by molar-refractivity contribution is 7.89. The van der Waals surface area contributed by atoms with E-state index in [1.807, 2.05) is 13.8 Å². The van der Waals surface area contributed by atoms with Gasteiger partial charge in [0.1, 0.15) is 11.8 Å². The van der Waals surface area contributed by atoms with Gasteiger partial charge in [-0.3, -0.25) is 9.59 Å². The van der Waals surface area contributed by atoms with Crippen LogP contribution in [0.25, 0.3) is 0 Å². The maximum Gasteiger partial charge on any atom is 0.252 e. The van der Waals surface area contributed by atoms with Gasteiger partial charge >= 0.3 is 0 Å². The molecule has 1 aliphatic carbocycles. The van der Waals surface area contributed by atoms with E-state index in [1.165, 1.54) is 4.31 Å². The molecule has 0 N–H and O–H groups in total. The number of nitrogens with zero attached hydrogens (tertiary/aromatic N) is 2. The van der Waals surface area contributed by atoms with Gasteiger partial charge in [0.2, 0.25) is 15.9 Å². The Bertz CT molecular complexity index is 1120. The molecular formula is C26H32N2O5S. The lowest BCUT2D eigenvalue weighted by Gasteiger charge is -2.33. The van der Waals surface area contributed by atoms with Crippen molar-refractivity contribution in [2.75, 3.05) is 11.5 Å². The molecule has 1 saturated carbocycles. The third kappa shape index (κ3) is 4.88. The standard InChI is InChI=1S/C26H32N2O5S/c1-3-33-22-14-12-20(13-15-22)27-25(29)18-24(26(27)30)28(21-8-6-4-5-7-9-21)34(31,32)23-16-10-19(2)11-17-23/h10-17,21,24H,3-9,18H2,1-2H3. The summed E-state index contributed by atoms with van der Waals surface area (Å²) < 4.78 is 34.6. The molecule has 4 rings (SSSR count). The Morgan fingerprint density at radius 3 is 2.15 bits per heavy atom. The summed E-state index contributed by atoms with van der Waals surface area (Å²) in [7, 11) is -3.98. The summed E-state index contributed by atoms with van der Waals surface area (Å²) in [6.07, 6.45) is 5.12. The first kappa shape index (κ1) is 24.4. The number of carbonyl (C=O) groups is 2. The number of benzene rings is 2. The summed E-state index contributed by atoms with van der Waals surface area (Å²) in [4.78, 5) is 27.9. The van der Waals surface area contributed by atoms with Crippen molar-refractivity contribution in [2.45, 2.75) is 75.8 Å². The molecule has 182 valence electrons. The van der Waals surface area contributed by atoms with Crippen molar-refractivity contribution in [2.24, 2.45) is 0 Å². The molecular weight excluding hydrogens is 452 g/mol. The van der Waals surface area contributed by atoms with Crippen molar-refractivity contribution >= 4 is 27.5 Å². The van der Waals surface area contributed by atoms with Gasteiger partial charge in [0.15, 0.2) is 0 Å². The van der Waals surface area contributed by atoms with Gasteiger partial charge in [-0.05, 0) is 63.1 Å². The van der Waals surface area contributed by atoms with E-state index in [2.05, 4.69) is 0 Å². The normalized spacial score (nSPS) is 20.1. The molecule has 1 aliphatic heterocycles. The Labute approximate surface area is 201 Å². The smallest absolute Gasteiger partial charge is 0.252 e. The Balaban J connectivity index is 1.70. The van der Waals surface area contributed by atoms with E-state index >= 15 is 0 Å². The number of sulfonamides is 1. The fraction of sp³-hybridized carbons (Fsp3) is 0.462. The first-order valence-electron chi connectivity index (χ1n) is 12.0. The van der Waals surface area contributed by atoms with Crippen LogP contribution in [0.5, 0.6) is 5.75 Å². The van der Waals surface area contributed by atoms with Crippen LogP contribution in [-0.2, 0) is 19.6 Å². The number of hydrogen-bond donors (Lipinski definition) is 0. The van der Waals surface area contributed by atoms with Gasteiger partial charge in [0, 0.05) is 6.04 Å². The van der Waals surface area contributed by atoms with E-state index in [4.69, 9.17) is 4.74 Å². The minimum Gasteiger partial charge on any atom is -0.494 e. The average molecular weight is 485 g/mol. The molecule has 0 aromatic heterocycles. The molecule has 8 heteroatoms. The fourth-order valence-corrected chi connectivity index (χ4v) is 6.73. The molecule has 0 spiro atoms. The number of imide groups is 1. The molecule has 0 radical (unpaired) electrons. The van der Waals surface area contributed by atoms with E-state index in [0.29, 0.717) is 30.9 Å². The van der Waals surface area contributed by atoms with Gasteiger partial charge in [-0.2, -0.15) is 4.31 Å². The number of carbonyl (C=O) groups excluding carboxylic acids is 2. The third-order valence-corrected chi connectivity index (χ3v) is 8.59. The van der Waals surface area contributed by atoms with Crippen molar-refractivity contribution in [3.8, 4) is 5.75 Å². The topological polar surface area (TPSA) is 84.0 Å². The Morgan fingerprint density at radius 1 is 0.941 bits per heavy atom. The number of aryl methyl sites for hydroxylation is 1. The van der Waals surface area contributed by atoms with Gasteiger partial charge in [0.25, 0.3) is 5.91 Å². The molecule has 34 heavy (non-hydrogen) atoms. The lowest BCUT2D eigenvalue weighted by atomic mass is 10.1. The molecule has 2 aliphatic rings. The second kappa shape index (κ2) is 10.3. The van der Waals surface area contributed by atoms with Crippen LogP contribution >= 0.6 is 0 Å². The zero-order valence-corrected chi connectivity index (χ0v) is 20.6. The average Bonchev–Trinajstić information content (AvgIpc) is 2.97. The Kier molecular flexibility index (Phi) is 7.38. The SMILES string of the molecule is CCOc1ccc(N2C(=O)CC(N(C3CCCCCC3)S(=O)(=O)c3ccc(C)cc3)C2=O)cc1. The highest BCUT2D eigenvalue weighted by Gasteiger charge is 2.49. The van der Waals surface area contributed by atoms with Crippen molar-refractivity contribution in [1.29, 1.82) is 0 Å². The largest absolute Gasteiger partial charge is 0.494 e. The van der Waals surface area contributed by atoms with Gasteiger partial charge in [0.05, 0.1) is 23.6 Å². The van der Waals surface area contributed by atoms with E-state index in [9.17, 15) is 18.0 Å². The summed E-state index contributed by atoms with van der Waals surface area (Å²) >= 11 is 0. The van der Waals surface area contributed by atoms with Crippen LogP contribution in [0.15, 0.2) is 53.4 Å². The van der Waals surface area contributed by atoms with Gasteiger partial charge in [-0.25, -0.2) is 13.3 Å². The highest BCUT2D eigenvalue weighted by atomic mass is 32.2. The predicted molar refractivity (Wildman–Crippen MR) is 130 cm³/mol. The van der Waals surface area contributed by atoms with E-state index < -0.39 is 27.9 Å². The van der Waals surface area contributed by atoms with Crippen LogP contribution in [0.1, 0.15) is 57.4 Å². The maximum atomic E-state index is 13.9. The first-order valence-corrected chi connectivity index (χ1v) is 13.5. The van der Waals surface area contributed by atoms with Crippen LogP contribution in [-0.4, -0.2) is 43.2 Å². The molecule has 2 amide bonds. The molecule has 1 saturated heterocycles. The molecule has 0 bridgehead atoms. The second-order valence-corrected chi connectivity index (χ2v) is 10.9. The molecule has 2 aromatic rings. The Morgan fingerprint density at radius 2 is 1.56 bits per heavy atom.